The van der Waals surface area contributed by atoms with Gasteiger partial charge in [-0.3, -0.25) is 9.79 Å². The zero-order valence-electron chi connectivity index (χ0n) is 18.3. The molecular formula is C23H30ClN5O3. The van der Waals surface area contributed by atoms with Gasteiger partial charge in [-0.15, -0.1) is 0 Å². The molecule has 3 saturated carbocycles. The average molecular weight is 460 g/mol. The third-order valence-electron chi connectivity index (χ3n) is 7.22. The van der Waals surface area contributed by atoms with Crippen LogP contribution >= 0.6 is 11.6 Å². The van der Waals surface area contributed by atoms with Crippen LogP contribution in [-0.4, -0.2) is 60.4 Å². The number of nitrogens with one attached hydrogen (secondary N) is 1. The van der Waals surface area contributed by atoms with Crippen molar-refractivity contribution < 1.29 is 14.3 Å². The summed E-state index contributed by atoms with van der Waals surface area (Å²) in [5.74, 6) is -0.683. The maximum absolute atomic E-state index is 13.2. The monoisotopic (exact) mass is 459 g/mol. The average Bonchev–Trinajstić information content (AvgIpc) is 2.80. The number of nitrogens with zero attached hydrogens (tertiary/aromatic N) is 2. The van der Waals surface area contributed by atoms with Crippen LogP contribution < -0.4 is 16.8 Å². The van der Waals surface area contributed by atoms with Gasteiger partial charge < -0.3 is 26.4 Å². The second-order valence-corrected chi connectivity index (χ2v) is 9.45. The molecule has 9 heteroatoms. The number of primary amides is 1. The summed E-state index contributed by atoms with van der Waals surface area (Å²) >= 11 is 6.07. The van der Waals surface area contributed by atoms with Crippen molar-refractivity contribution in [1.29, 1.82) is 0 Å². The van der Waals surface area contributed by atoms with Crippen molar-refractivity contribution in [2.45, 2.75) is 49.7 Å². The van der Waals surface area contributed by atoms with Crippen LogP contribution in [0.4, 0.5) is 4.79 Å². The summed E-state index contributed by atoms with van der Waals surface area (Å²) in [5.41, 5.74) is 13.1. The summed E-state index contributed by atoms with van der Waals surface area (Å²) in [6.45, 7) is 1.02. The number of carbonyl (C=O) groups excluding carboxylic acids is 2. The zero-order chi connectivity index (χ0) is 22.9. The Labute approximate surface area is 193 Å². The molecule has 8 nitrogen and oxygen atoms in total. The lowest BCUT2D eigenvalue weighted by molar-refractivity contribution is -0.114. The van der Waals surface area contributed by atoms with Gasteiger partial charge in [0, 0.05) is 24.2 Å². The minimum absolute atomic E-state index is 0.0174. The van der Waals surface area contributed by atoms with Crippen LogP contribution in [0.15, 0.2) is 34.8 Å². The Morgan fingerprint density at radius 3 is 2.44 bits per heavy atom. The van der Waals surface area contributed by atoms with Crippen molar-refractivity contribution in [3.8, 4) is 0 Å². The topological polar surface area (TPSA) is 123 Å². The molecule has 0 unspecified atom stereocenters. The molecule has 1 aromatic rings. The second kappa shape index (κ2) is 8.75. The van der Waals surface area contributed by atoms with Gasteiger partial charge in [-0.25, -0.2) is 4.79 Å². The molecule has 3 aliphatic carbocycles. The maximum atomic E-state index is 13.2. The van der Waals surface area contributed by atoms with Gasteiger partial charge in [-0.1, -0.05) is 23.7 Å². The van der Waals surface area contributed by atoms with Crippen molar-refractivity contribution >= 4 is 34.9 Å². The summed E-state index contributed by atoms with van der Waals surface area (Å²) in [5, 5.41) is 3.78. The van der Waals surface area contributed by atoms with E-state index in [1.807, 2.05) is 0 Å². The fourth-order valence-corrected chi connectivity index (χ4v) is 5.32. The van der Waals surface area contributed by atoms with E-state index >= 15 is 0 Å². The highest BCUT2D eigenvalue weighted by Gasteiger charge is 2.50. The lowest BCUT2D eigenvalue weighted by Crippen LogP contribution is -2.62. The van der Waals surface area contributed by atoms with Crippen LogP contribution in [0.1, 0.15) is 44.1 Å². The highest BCUT2D eigenvalue weighted by molar-refractivity contribution is 6.31. The van der Waals surface area contributed by atoms with E-state index in [0.717, 1.165) is 38.5 Å². The number of amides is 3. The number of urea groups is 1. The normalized spacial score (nSPS) is 28.1. The van der Waals surface area contributed by atoms with Gasteiger partial charge in [0.2, 0.25) is 0 Å². The fraction of sp³-hybridized carbons (Fsp3) is 0.522. The molecule has 0 aromatic heterocycles. The Bertz CT molecular complexity index is 965. The third kappa shape index (κ3) is 4.34. The SMILES string of the molecule is COC12CCC(NC(=O)N3CCN=C(C(C(N)=O)=C(N)c4cccc(Cl)c4)C3)(CC1)CC2. The molecule has 0 spiro atoms. The Hall–Kier alpha value is -2.58. The number of methoxy groups -OCH3 is 1. The van der Waals surface area contributed by atoms with E-state index < -0.39 is 5.91 Å². The van der Waals surface area contributed by atoms with Crippen LogP contribution in [0.2, 0.25) is 5.02 Å². The number of benzene rings is 1. The standard InChI is InChI=1S/C23H30ClN5O3/c1-32-23-8-5-22(6-9-23,7-10-23)28-21(31)29-12-11-27-17(14-29)18(20(26)30)19(25)15-3-2-4-16(24)13-15/h2-4,13H,5-12,14,25H2,1H3,(H2,26,30)(H,28,31). The second-order valence-electron chi connectivity index (χ2n) is 9.01. The van der Waals surface area contributed by atoms with Crippen molar-refractivity contribution in [3.05, 3.63) is 40.4 Å². The smallest absolute Gasteiger partial charge is 0.318 e. The molecule has 0 saturated heterocycles. The molecule has 1 aromatic carbocycles. The highest BCUT2D eigenvalue weighted by Crippen LogP contribution is 2.48. The first-order valence-electron chi connectivity index (χ1n) is 11.0. The molecule has 2 bridgehead atoms. The van der Waals surface area contributed by atoms with Crippen molar-refractivity contribution in [2.24, 2.45) is 16.5 Å². The number of ether oxygens (including phenoxy) is 1. The first-order chi connectivity index (χ1) is 15.3. The van der Waals surface area contributed by atoms with Crippen molar-refractivity contribution in [3.63, 3.8) is 0 Å². The van der Waals surface area contributed by atoms with E-state index in [1.165, 1.54) is 0 Å². The Morgan fingerprint density at radius 1 is 1.16 bits per heavy atom. The van der Waals surface area contributed by atoms with Gasteiger partial charge in [-0.05, 0) is 56.2 Å². The predicted molar refractivity (Wildman–Crippen MR) is 124 cm³/mol. The summed E-state index contributed by atoms with van der Waals surface area (Å²) in [4.78, 5) is 31.6. The summed E-state index contributed by atoms with van der Waals surface area (Å²) in [6, 6.07) is 6.74. The molecule has 5 rings (SSSR count). The van der Waals surface area contributed by atoms with Crippen molar-refractivity contribution in [1.82, 2.24) is 10.2 Å². The predicted octanol–water partition coefficient (Wildman–Crippen LogP) is 2.45. The van der Waals surface area contributed by atoms with E-state index in [0.29, 0.717) is 29.4 Å². The molecule has 5 N–H and O–H groups in total. The minimum atomic E-state index is -0.683. The fourth-order valence-electron chi connectivity index (χ4n) is 5.13. The molecule has 0 atom stereocenters. The van der Waals surface area contributed by atoms with E-state index in [-0.39, 0.29) is 35.0 Å². The van der Waals surface area contributed by atoms with Crippen LogP contribution in [-0.2, 0) is 9.53 Å². The van der Waals surface area contributed by atoms with E-state index in [9.17, 15) is 9.59 Å². The lowest BCUT2D eigenvalue weighted by Gasteiger charge is -2.53. The molecule has 4 aliphatic rings. The van der Waals surface area contributed by atoms with Gasteiger partial charge in [0.25, 0.3) is 5.91 Å². The van der Waals surface area contributed by atoms with E-state index in [2.05, 4.69) is 10.3 Å². The zero-order valence-corrected chi connectivity index (χ0v) is 19.1. The summed E-state index contributed by atoms with van der Waals surface area (Å²) < 4.78 is 5.75. The van der Waals surface area contributed by atoms with Crippen LogP contribution in [0.3, 0.4) is 0 Å². The van der Waals surface area contributed by atoms with Gasteiger partial charge >= 0.3 is 6.03 Å². The maximum Gasteiger partial charge on any atom is 0.318 e. The third-order valence-corrected chi connectivity index (χ3v) is 7.46. The number of aliphatic imine (C=N–C) groups is 1. The molecule has 3 fully saturated rings. The Morgan fingerprint density at radius 2 is 1.84 bits per heavy atom. The van der Waals surface area contributed by atoms with E-state index in [1.54, 1.807) is 36.3 Å². The Balaban J connectivity index is 1.50. The number of hydrogen-bond donors (Lipinski definition) is 3. The first kappa shape index (κ1) is 22.6. The first-order valence-corrected chi connectivity index (χ1v) is 11.4. The number of nitrogens with two attached hydrogens (primary N) is 2. The van der Waals surface area contributed by atoms with Gasteiger partial charge in [0.1, 0.15) is 0 Å². The minimum Gasteiger partial charge on any atom is -0.398 e. The lowest BCUT2D eigenvalue weighted by atomic mass is 9.63. The molecule has 1 aliphatic heterocycles. The summed E-state index contributed by atoms with van der Waals surface area (Å²) in [6.07, 6.45) is 5.62. The highest BCUT2D eigenvalue weighted by atomic mass is 35.5. The number of rotatable bonds is 5. The number of fused-ring (bicyclic) bond motifs is 3. The number of carbonyl (C=O) groups is 2. The molecule has 0 radical (unpaired) electrons. The number of hydrogen-bond acceptors (Lipinski definition) is 5. The molecule has 3 amide bonds. The molecular weight excluding hydrogens is 430 g/mol. The molecule has 1 heterocycles. The van der Waals surface area contributed by atoms with Gasteiger partial charge in [0.15, 0.2) is 0 Å². The Kier molecular flexibility index (Phi) is 6.18. The van der Waals surface area contributed by atoms with E-state index in [4.69, 9.17) is 27.8 Å². The molecule has 172 valence electrons. The quantitative estimate of drug-likeness (QED) is 0.585. The van der Waals surface area contributed by atoms with Crippen LogP contribution in [0, 0.1) is 0 Å². The molecule has 32 heavy (non-hydrogen) atoms. The van der Waals surface area contributed by atoms with Gasteiger partial charge in [-0.2, -0.15) is 0 Å². The largest absolute Gasteiger partial charge is 0.398 e. The van der Waals surface area contributed by atoms with Crippen molar-refractivity contribution in [2.75, 3.05) is 26.7 Å². The van der Waals surface area contributed by atoms with Crippen LogP contribution in [0.25, 0.3) is 5.70 Å². The summed E-state index contributed by atoms with van der Waals surface area (Å²) in [7, 11) is 1.78. The van der Waals surface area contributed by atoms with Gasteiger partial charge in [0.05, 0.1) is 35.7 Å². The number of halogens is 1. The van der Waals surface area contributed by atoms with Crippen LogP contribution in [0.5, 0.6) is 0 Å².